The molecule has 1 N–H and O–H groups in total. The Hall–Kier alpha value is -3.52. The fourth-order valence-corrected chi connectivity index (χ4v) is 3.64. The smallest absolute Gasteiger partial charge is 0.261 e. The fourth-order valence-electron chi connectivity index (χ4n) is 2.96. The Kier molecular flexibility index (Phi) is 5.58. The van der Waals surface area contributed by atoms with Crippen LogP contribution in [0.1, 0.15) is 27.9 Å². The van der Waals surface area contributed by atoms with Crippen molar-refractivity contribution < 1.29 is 9.53 Å². The van der Waals surface area contributed by atoms with Crippen molar-refractivity contribution in [3.05, 3.63) is 70.9 Å². The van der Waals surface area contributed by atoms with Gasteiger partial charge in [-0.05, 0) is 37.6 Å². The van der Waals surface area contributed by atoms with Gasteiger partial charge in [0.25, 0.3) is 5.91 Å². The van der Waals surface area contributed by atoms with Crippen LogP contribution in [0.3, 0.4) is 0 Å². The number of aromatic nitrogens is 4. The number of amides is 1. The highest BCUT2D eigenvalue weighted by molar-refractivity contribution is 7.15. The van der Waals surface area contributed by atoms with E-state index in [2.05, 4.69) is 15.5 Å². The van der Waals surface area contributed by atoms with Crippen LogP contribution < -0.4 is 10.1 Å². The summed E-state index contributed by atoms with van der Waals surface area (Å²) in [4.78, 5) is 13.1. The molecule has 30 heavy (non-hydrogen) atoms. The van der Waals surface area contributed by atoms with E-state index in [1.54, 1.807) is 18.0 Å². The molecule has 1 amide bonds. The maximum atomic E-state index is 13.1. The zero-order valence-electron chi connectivity index (χ0n) is 16.9. The quantitative estimate of drug-likeness (QED) is 0.497. The van der Waals surface area contributed by atoms with Gasteiger partial charge < -0.3 is 4.74 Å². The topological polar surface area (TPSA) is 81.9 Å². The van der Waals surface area contributed by atoms with Crippen LogP contribution in [-0.4, -0.2) is 33.0 Å². The Bertz CT molecular complexity index is 1180. The average Bonchev–Trinajstić information content (AvgIpc) is 3.41. The summed E-state index contributed by atoms with van der Waals surface area (Å²) in [6, 6.07) is 15.5. The summed E-state index contributed by atoms with van der Waals surface area (Å²) in [6.07, 6.45) is 2.50. The zero-order chi connectivity index (χ0) is 21.1. The van der Waals surface area contributed by atoms with E-state index in [0.717, 1.165) is 28.2 Å². The van der Waals surface area contributed by atoms with Crippen LogP contribution in [0.25, 0.3) is 16.9 Å². The van der Waals surface area contributed by atoms with E-state index in [1.165, 1.54) is 11.3 Å². The third-order valence-corrected chi connectivity index (χ3v) is 5.57. The molecule has 0 fully saturated rings. The number of benzene rings is 2. The van der Waals surface area contributed by atoms with Gasteiger partial charge in [0.1, 0.15) is 16.5 Å². The summed E-state index contributed by atoms with van der Waals surface area (Å²) < 4.78 is 7.05. The summed E-state index contributed by atoms with van der Waals surface area (Å²) in [5.74, 6) is 0.408. The van der Waals surface area contributed by atoms with E-state index in [0.29, 0.717) is 22.1 Å². The van der Waals surface area contributed by atoms with Crippen molar-refractivity contribution >= 4 is 22.4 Å². The third kappa shape index (κ3) is 4.08. The first-order valence-corrected chi connectivity index (χ1v) is 10.3. The minimum atomic E-state index is -0.287. The van der Waals surface area contributed by atoms with Gasteiger partial charge in [0.15, 0.2) is 0 Å². The highest BCUT2D eigenvalue weighted by atomic mass is 32.1. The number of rotatable bonds is 6. The molecule has 0 spiro atoms. The molecule has 2 aromatic carbocycles. The largest absolute Gasteiger partial charge is 0.497 e. The first kappa shape index (κ1) is 19.8. The summed E-state index contributed by atoms with van der Waals surface area (Å²) in [5, 5.41) is 17.0. The number of nitrogens with zero attached hydrogens (tertiary/aromatic N) is 4. The van der Waals surface area contributed by atoms with Crippen LogP contribution in [0.4, 0.5) is 5.13 Å². The van der Waals surface area contributed by atoms with Crippen LogP contribution in [0.15, 0.2) is 54.7 Å². The summed E-state index contributed by atoms with van der Waals surface area (Å²) in [5.41, 5.74) is 3.81. The zero-order valence-corrected chi connectivity index (χ0v) is 17.7. The normalized spacial score (nSPS) is 10.8. The molecule has 0 aliphatic carbocycles. The van der Waals surface area contributed by atoms with E-state index >= 15 is 0 Å². The van der Waals surface area contributed by atoms with Crippen molar-refractivity contribution in [3.8, 4) is 22.7 Å². The Morgan fingerprint density at radius 1 is 1.17 bits per heavy atom. The van der Waals surface area contributed by atoms with E-state index in [1.807, 2.05) is 62.4 Å². The molecule has 0 bridgehead atoms. The summed E-state index contributed by atoms with van der Waals surface area (Å²) in [7, 11) is 1.61. The van der Waals surface area contributed by atoms with Crippen molar-refractivity contribution in [2.24, 2.45) is 0 Å². The molecular weight excluding hydrogens is 398 g/mol. The maximum Gasteiger partial charge on any atom is 0.261 e. The predicted molar refractivity (Wildman–Crippen MR) is 118 cm³/mol. The molecule has 0 saturated heterocycles. The van der Waals surface area contributed by atoms with Gasteiger partial charge in [0.2, 0.25) is 5.13 Å². The van der Waals surface area contributed by atoms with E-state index in [-0.39, 0.29) is 5.91 Å². The standard InChI is InChI=1S/C22H21N5O2S/c1-4-19-24-25-22(30-19)23-21(28)18-13-27(16-10-8-14(2)9-11-16)26-20(18)15-6-5-7-17(12-15)29-3/h5-13H,4H2,1-3H3,(H,23,25,28). The molecule has 0 atom stereocenters. The molecule has 7 nitrogen and oxygen atoms in total. The van der Waals surface area contributed by atoms with E-state index in [9.17, 15) is 4.79 Å². The lowest BCUT2D eigenvalue weighted by Gasteiger charge is -2.05. The summed E-state index contributed by atoms with van der Waals surface area (Å²) in [6.45, 7) is 4.03. The van der Waals surface area contributed by atoms with Crippen LogP contribution in [0, 0.1) is 6.92 Å². The number of ether oxygens (including phenoxy) is 1. The highest BCUT2D eigenvalue weighted by Gasteiger charge is 2.20. The lowest BCUT2D eigenvalue weighted by Crippen LogP contribution is -2.12. The molecule has 0 aliphatic heterocycles. The number of nitrogens with one attached hydrogen (secondary N) is 1. The highest BCUT2D eigenvalue weighted by Crippen LogP contribution is 2.28. The van der Waals surface area contributed by atoms with Gasteiger partial charge in [-0.1, -0.05) is 48.1 Å². The van der Waals surface area contributed by atoms with Crippen molar-refractivity contribution in [1.82, 2.24) is 20.0 Å². The van der Waals surface area contributed by atoms with Crippen LogP contribution in [0.5, 0.6) is 5.75 Å². The Balaban J connectivity index is 1.76. The lowest BCUT2D eigenvalue weighted by molar-refractivity contribution is 0.102. The molecule has 152 valence electrons. The number of anilines is 1. The van der Waals surface area contributed by atoms with Gasteiger partial charge in [-0.15, -0.1) is 10.2 Å². The first-order valence-electron chi connectivity index (χ1n) is 9.52. The summed E-state index contributed by atoms with van der Waals surface area (Å²) >= 11 is 1.37. The molecule has 2 aromatic heterocycles. The van der Waals surface area contributed by atoms with Gasteiger partial charge in [-0.25, -0.2) is 4.68 Å². The number of hydrogen-bond donors (Lipinski definition) is 1. The third-order valence-electron chi connectivity index (χ3n) is 4.59. The van der Waals surface area contributed by atoms with Crippen molar-refractivity contribution in [1.29, 1.82) is 0 Å². The van der Waals surface area contributed by atoms with Crippen molar-refractivity contribution in [2.75, 3.05) is 12.4 Å². The molecule has 4 rings (SSSR count). The number of methoxy groups -OCH3 is 1. The van der Waals surface area contributed by atoms with Crippen LogP contribution in [-0.2, 0) is 6.42 Å². The monoisotopic (exact) mass is 419 g/mol. The molecule has 4 aromatic rings. The molecule has 0 aliphatic rings. The van der Waals surface area contributed by atoms with Gasteiger partial charge in [0.05, 0.1) is 18.4 Å². The predicted octanol–water partition coefficient (Wildman–Crippen LogP) is 4.52. The number of hydrogen-bond acceptors (Lipinski definition) is 6. The molecule has 0 radical (unpaired) electrons. The van der Waals surface area contributed by atoms with Crippen molar-refractivity contribution in [2.45, 2.75) is 20.3 Å². The van der Waals surface area contributed by atoms with Gasteiger partial charge in [-0.2, -0.15) is 5.10 Å². The molecule has 0 unspecified atom stereocenters. The Labute approximate surface area is 178 Å². The van der Waals surface area contributed by atoms with Gasteiger partial charge >= 0.3 is 0 Å². The Morgan fingerprint density at radius 2 is 1.97 bits per heavy atom. The second kappa shape index (κ2) is 8.46. The first-order chi connectivity index (χ1) is 14.6. The second-order valence-corrected chi connectivity index (χ2v) is 7.77. The van der Waals surface area contributed by atoms with Crippen molar-refractivity contribution in [3.63, 3.8) is 0 Å². The van der Waals surface area contributed by atoms with Gasteiger partial charge in [0, 0.05) is 11.8 Å². The molecule has 0 saturated carbocycles. The Morgan fingerprint density at radius 3 is 2.67 bits per heavy atom. The van der Waals surface area contributed by atoms with Crippen LogP contribution >= 0.6 is 11.3 Å². The SMILES string of the molecule is CCc1nnc(NC(=O)c2cn(-c3ccc(C)cc3)nc2-c2cccc(OC)c2)s1. The van der Waals surface area contributed by atoms with Gasteiger partial charge in [-0.3, -0.25) is 10.1 Å². The minimum absolute atomic E-state index is 0.287. The number of carbonyl (C=O) groups excluding carboxylic acids is 1. The average molecular weight is 420 g/mol. The number of aryl methyl sites for hydroxylation is 2. The lowest BCUT2D eigenvalue weighted by atomic mass is 10.1. The molecular formula is C22H21N5O2S. The van der Waals surface area contributed by atoms with Crippen LogP contribution in [0.2, 0.25) is 0 Å². The molecule has 8 heteroatoms. The molecule has 2 heterocycles. The van der Waals surface area contributed by atoms with E-state index in [4.69, 9.17) is 9.84 Å². The fraction of sp³-hybridized carbons (Fsp3) is 0.182. The minimum Gasteiger partial charge on any atom is -0.497 e. The second-order valence-electron chi connectivity index (χ2n) is 6.71. The van der Waals surface area contributed by atoms with E-state index < -0.39 is 0 Å². The number of carbonyl (C=O) groups is 1. The maximum absolute atomic E-state index is 13.1.